The molecule has 6 N–H and O–H groups in total. The molecule has 36 heavy (non-hydrogen) atoms. The zero-order valence-corrected chi connectivity index (χ0v) is 20.9. The van der Waals surface area contributed by atoms with Crippen LogP contribution in [0, 0.1) is 0 Å². The van der Waals surface area contributed by atoms with E-state index in [-0.39, 0.29) is 35.0 Å². The van der Waals surface area contributed by atoms with Gasteiger partial charge in [-0.3, -0.25) is 13.8 Å². The average Bonchev–Trinajstić information content (AvgIpc) is 2.73. The van der Waals surface area contributed by atoms with E-state index in [1.165, 1.54) is 30.3 Å². The van der Waals surface area contributed by atoms with Gasteiger partial charge in [-0.2, -0.15) is 31.8 Å². The number of hydrogen-bond acceptors (Lipinski definition) is 12. The molecular formula is C18H21N7O8S3. The second-order valence-corrected chi connectivity index (χ2v) is 12.0. The third kappa shape index (κ3) is 8.89. The molecule has 3 rings (SSSR count). The van der Waals surface area contributed by atoms with Gasteiger partial charge in [-0.1, -0.05) is 6.07 Å². The Bertz CT molecular complexity index is 1560. The second-order valence-electron chi connectivity index (χ2n) is 7.22. The van der Waals surface area contributed by atoms with Crippen LogP contribution in [-0.4, -0.2) is 67.9 Å². The molecule has 1 heterocycles. The second kappa shape index (κ2) is 10.6. The number of sulfonamides is 1. The fourth-order valence-corrected chi connectivity index (χ4v) is 4.14. The fraction of sp³-hybridized carbons (Fsp3) is 0.167. The van der Waals surface area contributed by atoms with E-state index in [4.69, 9.17) is 4.55 Å². The van der Waals surface area contributed by atoms with Crippen LogP contribution in [0.1, 0.15) is 0 Å². The van der Waals surface area contributed by atoms with Crippen molar-refractivity contribution in [3.05, 3.63) is 48.5 Å². The summed E-state index contributed by atoms with van der Waals surface area (Å²) < 4.78 is 88.0. The SMILES string of the molecule is CS(=O)(=O)Nc1ccc(Nc2nc(NCCS(=O)(=O)O)nc(Nc3cccc(S(=O)(=O)O)c3)n2)cc1. The Labute approximate surface area is 207 Å². The van der Waals surface area contributed by atoms with Gasteiger partial charge in [0.05, 0.1) is 16.9 Å². The Morgan fingerprint density at radius 1 is 0.750 bits per heavy atom. The van der Waals surface area contributed by atoms with Crippen molar-refractivity contribution in [1.82, 2.24) is 15.0 Å². The van der Waals surface area contributed by atoms with E-state index in [1.807, 2.05) is 0 Å². The maximum Gasteiger partial charge on any atom is 0.294 e. The quantitative estimate of drug-likeness (QED) is 0.182. The van der Waals surface area contributed by atoms with Crippen LogP contribution < -0.4 is 20.7 Å². The van der Waals surface area contributed by atoms with Crippen LogP contribution in [0.25, 0.3) is 0 Å². The molecule has 0 saturated carbocycles. The highest BCUT2D eigenvalue weighted by molar-refractivity contribution is 7.92. The first-order valence-electron chi connectivity index (χ1n) is 9.81. The molecule has 0 aliphatic heterocycles. The van der Waals surface area contributed by atoms with E-state index >= 15 is 0 Å². The average molecular weight is 560 g/mol. The van der Waals surface area contributed by atoms with E-state index in [0.29, 0.717) is 11.4 Å². The molecule has 0 fully saturated rings. The Morgan fingerprint density at radius 3 is 1.86 bits per heavy atom. The molecule has 15 nitrogen and oxygen atoms in total. The summed E-state index contributed by atoms with van der Waals surface area (Å²) in [5.41, 5.74) is 0.998. The first-order chi connectivity index (χ1) is 16.7. The summed E-state index contributed by atoms with van der Waals surface area (Å²) in [4.78, 5) is 12.0. The van der Waals surface area contributed by atoms with Gasteiger partial charge in [0.15, 0.2) is 0 Å². The van der Waals surface area contributed by atoms with Crippen molar-refractivity contribution in [1.29, 1.82) is 0 Å². The lowest BCUT2D eigenvalue weighted by Gasteiger charge is -2.12. The zero-order chi connectivity index (χ0) is 26.6. The lowest BCUT2D eigenvalue weighted by Crippen LogP contribution is -2.17. The summed E-state index contributed by atoms with van der Waals surface area (Å²) in [5, 5.41) is 8.27. The first-order valence-corrected chi connectivity index (χ1v) is 14.7. The van der Waals surface area contributed by atoms with Crippen LogP contribution in [0.3, 0.4) is 0 Å². The standard InChI is InChI=1S/C18H21N7O8S3/c1-34(26,27)25-13-7-5-12(6-8-13)20-17-22-16(19-9-10-35(28,29)30)23-18(24-17)21-14-3-2-4-15(11-14)36(31,32)33/h2-8,11,25H,9-10H2,1H3,(H,28,29,30)(H,31,32,33)(H3,19,20,21,22,23,24). The number of nitrogens with zero attached hydrogens (tertiary/aromatic N) is 3. The predicted molar refractivity (Wildman–Crippen MR) is 132 cm³/mol. The van der Waals surface area contributed by atoms with Crippen molar-refractivity contribution in [3.8, 4) is 0 Å². The van der Waals surface area contributed by atoms with Gasteiger partial charge in [0.25, 0.3) is 20.2 Å². The number of anilines is 6. The third-order valence-electron chi connectivity index (χ3n) is 4.11. The fourth-order valence-electron chi connectivity index (χ4n) is 2.69. The van der Waals surface area contributed by atoms with Crippen molar-refractivity contribution < 1.29 is 34.4 Å². The van der Waals surface area contributed by atoms with Gasteiger partial charge in [0, 0.05) is 23.6 Å². The van der Waals surface area contributed by atoms with Gasteiger partial charge in [0.1, 0.15) is 0 Å². The van der Waals surface area contributed by atoms with Crippen molar-refractivity contribution in [2.24, 2.45) is 0 Å². The number of nitrogens with one attached hydrogen (secondary N) is 4. The monoisotopic (exact) mass is 559 g/mol. The highest BCUT2D eigenvalue weighted by atomic mass is 32.2. The molecule has 18 heteroatoms. The van der Waals surface area contributed by atoms with Crippen LogP contribution in [-0.2, 0) is 30.3 Å². The molecule has 0 amide bonds. The van der Waals surface area contributed by atoms with Crippen molar-refractivity contribution in [2.45, 2.75) is 4.90 Å². The summed E-state index contributed by atoms with van der Waals surface area (Å²) in [7, 11) is -12.2. The molecule has 0 aliphatic rings. The Balaban J connectivity index is 1.88. The van der Waals surface area contributed by atoms with E-state index in [0.717, 1.165) is 12.3 Å². The molecule has 2 aromatic carbocycles. The van der Waals surface area contributed by atoms with Crippen LogP contribution in [0.5, 0.6) is 0 Å². The van der Waals surface area contributed by atoms with Gasteiger partial charge in [0.2, 0.25) is 27.9 Å². The molecule has 0 saturated heterocycles. The van der Waals surface area contributed by atoms with E-state index in [2.05, 4.69) is 35.6 Å². The van der Waals surface area contributed by atoms with Crippen LogP contribution in [0.15, 0.2) is 53.4 Å². The van der Waals surface area contributed by atoms with Gasteiger partial charge < -0.3 is 16.0 Å². The minimum Gasteiger partial charge on any atom is -0.353 e. The van der Waals surface area contributed by atoms with Crippen LogP contribution >= 0.6 is 0 Å². The zero-order valence-electron chi connectivity index (χ0n) is 18.4. The highest BCUT2D eigenvalue weighted by Crippen LogP contribution is 2.22. The predicted octanol–water partition coefficient (Wildman–Crippen LogP) is 1.28. The molecule has 3 aromatic rings. The van der Waals surface area contributed by atoms with Gasteiger partial charge in [-0.25, -0.2) is 8.42 Å². The molecular weight excluding hydrogens is 538 g/mol. The van der Waals surface area contributed by atoms with Crippen LogP contribution in [0.2, 0.25) is 0 Å². The van der Waals surface area contributed by atoms with E-state index in [9.17, 15) is 29.8 Å². The molecule has 0 spiro atoms. The lowest BCUT2D eigenvalue weighted by molar-refractivity contribution is 0.481. The summed E-state index contributed by atoms with van der Waals surface area (Å²) in [6.07, 6.45) is 1.01. The maximum absolute atomic E-state index is 11.4. The number of hydrogen-bond donors (Lipinski definition) is 6. The molecule has 1 aromatic heterocycles. The molecule has 0 unspecified atom stereocenters. The number of aromatic nitrogens is 3. The molecule has 0 aliphatic carbocycles. The lowest BCUT2D eigenvalue weighted by atomic mass is 10.3. The third-order valence-corrected chi connectivity index (χ3v) is 6.29. The molecule has 0 radical (unpaired) electrons. The minimum absolute atomic E-state index is 0.0170. The largest absolute Gasteiger partial charge is 0.353 e. The summed E-state index contributed by atoms with van der Waals surface area (Å²) in [5.74, 6) is -0.795. The van der Waals surface area contributed by atoms with Gasteiger partial charge >= 0.3 is 0 Å². The summed E-state index contributed by atoms with van der Waals surface area (Å²) >= 11 is 0. The normalized spacial score (nSPS) is 12.1. The Morgan fingerprint density at radius 2 is 1.31 bits per heavy atom. The maximum atomic E-state index is 11.4. The van der Waals surface area contributed by atoms with Gasteiger partial charge in [-0.05, 0) is 42.5 Å². The number of rotatable bonds is 11. The first kappa shape index (κ1) is 27.0. The smallest absolute Gasteiger partial charge is 0.294 e. The topological polar surface area (TPSA) is 230 Å². The molecule has 194 valence electrons. The Hall–Kier alpha value is -3.58. The van der Waals surface area contributed by atoms with E-state index in [1.54, 1.807) is 12.1 Å². The summed E-state index contributed by atoms with van der Waals surface area (Å²) in [6.45, 7) is -0.230. The van der Waals surface area contributed by atoms with Crippen molar-refractivity contribution >= 4 is 65.2 Å². The van der Waals surface area contributed by atoms with Crippen molar-refractivity contribution in [2.75, 3.05) is 39.2 Å². The Kier molecular flexibility index (Phi) is 7.94. The summed E-state index contributed by atoms with van der Waals surface area (Å²) in [6, 6.07) is 11.3. The molecule has 0 bridgehead atoms. The number of benzene rings is 2. The van der Waals surface area contributed by atoms with Gasteiger partial charge in [-0.15, -0.1) is 0 Å². The molecule has 0 atom stereocenters. The van der Waals surface area contributed by atoms with Crippen molar-refractivity contribution in [3.63, 3.8) is 0 Å². The van der Waals surface area contributed by atoms with E-state index < -0.39 is 36.0 Å². The minimum atomic E-state index is -4.46. The van der Waals surface area contributed by atoms with Crippen LogP contribution in [0.4, 0.5) is 34.9 Å². The highest BCUT2D eigenvalue weighted by Gasteiger charge is 2.13.